The van der Waals surface area contributed by atoms with Crippen LogP contribution in [-0.4, -0.2) is 22.8 Å². The molecule has 0 radical (unpaired) electrons. The van der Waals surface area contributed by atoms with Crippen LogP contribution in [-0.2, 0) is 6.42 Å². The van der Waals surface area contributed by atoms with Gasteiger partial charge in [-0.25, -0.2) is 0 Å². The predicted molar refractivity (Wildman–Crippen MR) is 90.1 cm³/mol. The number of nitrogens with zero attached hydrogens (tertiary/aromatic N) is 2. The van der Waals surface area contributed by atoms with Gasteiger partial charge in [0.15, 0.2) is 0 Å². The van der Waals surface area contributed by atoms with Crippen molar-refractivity contribution in [3.63, 3.8) is 0 Å². The van der Waals surface area contributed by atoms with Gasteiger partial charge in [-0.3, -0.25) is 0 Å². The van der Waals surface area contributed by atoms with Crippen molar-refractivity contribution in [3.8, 4) is 10.6 Å². The van der Waals surface area contributed by atoms with Crippen LogP contribution in [0.5, 0.6) is 0 Å². The second kappa shape index (κ2) is 7.26. The number of thiophene rings is 1. The van der Waals surface area contributed by atoms with Crippen molar-refractivity contribution in [2.24, 2.45) is 0 Å². The highest BCUT2D eigenvalue weighted by Crippen LogP contribution is 2.39. The summed E-state index contributed by atoms with van der Waals surface area (Å²) >= 11 is 10.4. The van der Waals surface area contributed by atoms with E-state index in [1.54, 1.807) is 22.7 Å². The fraction of sp³-hybridized carbons (Fsp3) is 0.500. The molecule has 0 aliphatic rings. The lowest BCUT2D eigenvalue weighted by atomic mass is 10.3. The molecular weight excluding hydrogens is 410 g/mol. The summed E-state index contributed by atoms with van der Waals surface area (Å²) in [5.74, 6) is 0. The summed E-state index contributed by atoms with van der Waals surface area (Å²) in [6.07, 6.45) is 2.08. The van der Waals surface area contributed by atoms with Gasteiger partial charge >= 0.3 is 0 Å². The van der Waals surface area contributed by atoms with Crippen LogP contribution in [0.2, 0.25) is 0 Å². The molecule has 0 aromatic carbocycles. The van der Waals surface area contributed by atoms with Crippen LogP contribution in [0.3, 0.4) is 0 Å². The summed E-state index contributed by atoms with van der Waals surface area (Å²) in [7, 11) is 0. The van der Waals surface area contributed by atoms with E-state index in [1.165, 1.54) is 0 Å². The Bertz CT molecular complexity index is 537. The summed E-state index contributed by atoms with van der Waals surface area (Å²) < 4.78 is 2.20. The fourth-order valence-corrected chi connectivity index (χ4v) is 5.48. The first-order valence-electron chi connectivity index (χ1n) is 6.07. The zero-order valence-electron chi connectivity index (χ0n) is 10.7. The monoisotopic (exact) mass is 423 g/mol. The van der Waals surface area contributed by atoms with Crippen molar-refractivity contribution >= 4 is 54.5 Å². The number of halogens is 2. The Hall–Kier alpha value is 0.180. The molecule has 0 saturated carbocycles. The number of aryl methyl sites for hydroxylation is 1. The summed E-state index contributed by atoms with van der Waals surface area (Å²) in [6, 6.07) is 2.63. The Morgan fingerprint density at radius 2 is 2.05 bits per heavy atom. The van der Waals surface area contributed by atoms with Gasteiger partial charge in [0.25, 0.3) is 0 Å². The third-order valence-corrected chi connectivity index (χ3v) is 5.83. The van der Waals surface area contributed by atoms with Gasteiger partial charge in [-0.2, -0.15) is 0 Å². The molecule has 0 aliphatic carbocycles. The molecule has 104 valence electrons. The summed E-state index contributed by atoms with van der Waals surface area (Å²) in [6.45, 7) is 5.35. The van der Waals surface area contributed by atoms with E-state index in [0.29, 0.717) is 6.04 Å². The summed E-state index contributed by atoms with van der Waals surface area (Å²) in [5.41, 5.74) is 1.13. The van der Waals surface area contributed by atoms with E-state index in [4.69, 9.17) is 0 Å². The van der Waals surface area contributed by atoms with E-state index in [1.807, 2.05) is 0 Å². The molecule has 2 aromatic rings. The van der Waals surface area contributed by atoms with Crippen molar-refractivity contribution < 1.29 is 0 Å². The molecule has 0 bridgehead atoms. The lowest BCUT2D eigenvalue weighted by Gasteiger charge is -2.05. The predicted octanol–water partition coefficient (Wildman–Crippen LogP) is 4.72. The smallest absolute Gasteiger partial charge is 0.149 e. The zero-order chi connectivity index (χ0) is 13.8. The third-order valence-electron chi connectivity index (χ3n) is 2.47. The first-order valence-corrected chi connectivity index (χ1v) is 9.29. The molecule has 0 fully saturated rings. The van der Waals surface area contributed by atoms with Gasteiger partial charge in [-0.15, -0.1) is 21.5 Å². The van der Waals surface area contributed by atoms with Gasteiger partial charge < -0.3 is 5.32 Å². The molecule has 2 heterocycles. The summed E-state index contributed by atoms with van der Waals surface area (Å²) in [5, 5.41) is 14.1. The van der Waals surface area contributed by atoms with Crippen LogP contribution in [0.4, 0.5) is 0 Å². The topological polar surface area (TPSA) is 37.8 Å². The van der Waals surface area contributed by atoms with Crippen LogP contribution in [0.15, 0.2) is 13.6 Å². The molecule has 0 aliphatic heterocycles. The van der Waals surface area contributed by atoms with Crippen molar-refractivity contribution in [2.45, 2.75) is 32.7 Å². The molecule has 0 unspecified atom stereocenters. The highest BCUT2D eigenvalue weighted by molar-refractivity contribution is 9.12. The maximum atomic E-state index is 4.28. The normalized spacial score (nSPS) is 11.4. The van der Waals surface area contributed by atoms with Crippen LogP contribution in [0, 0.1) is 0 Å². The molecule has 3 nitrogen and oxygen atoms in total. The number of rotatable bonds is 6. The average molecular weight is 425 g/mol. The Morgan fingerprint density at radius 1 is 1.26 bits per heavy atom. The molecule has 0 atom stereocenters. The summed E-state index contributed by atoms with van der Waals surface area (Å²) in [4.78, 5) is 0. The third kappa shape index (κ3) is 4.60. The second-order valence-corrected chi connectivity index (χ2v) is 9.26. The van der Waals surface area contributed by atoms with Gasteiger partial charge in [0.1, 0.15) is 10.0 Å². The zero-order valence-corrected chi connectivity index (χ0v) is 15.5. The second-order valence-electron chi connectivity index (χ2n) is 4.45. The number of hydrogen-bond donors (Lipinski definition) is 1. The van der Waals surface area contributed by atoms with Gasteiger partial charge in [-0.1, -0.05) is 25.2 Å². The van der Waals surface area contributed by atoms with E-state index >= 15 is 0 Å². The van der Waals surface area contributed by atoms with Crippen LogP contribution in [0.1, 0.15) is 25.3 Å². The molecule has 7 heteroatoms. The van der Waals surface area contributed by atoms with Gasteiger partial charge in [-0.05, 0) is 50.9 Å². The minimum Gasteiger partial charge on any atom is -0.315 e. The van der Waals surface area contributed by atoms with Crippen molar-refractivity contribution in [1.29, 1.82) is 0 Å². The first kappa shape index (κ1) is 15.6. The quantitative estimate of drug-likeness (QED) is 0.681. The average Bonchev–Trinajstić information content (AvgIpc) is 2.91. The number of nitrogens with one attached hydrogen (secondary N) is 1. The largest absolute Gasteiger partial charge is 0.315 e. The minimum atomic E-state index is 0.545. The van der Waals surface area contributed by atoms with Crippen molar-refractivity contribution in [3.05, 3.63) is 18.6 Å². The van der Waals surface area contributed by atoms with Crippen LogP contribution < -0.4 is 5.32 Å². The van der Waals surface area contributed by atoms with Gasteiger partial charge in [0, 0.05) is 18.0 Å². The Balaban J connectivity index is 1.94. The first-order chi connectivity index (χ1) is 9.06. The molecule has 2 rings (SSSR count). The van der Waals surface area contributed by atoms with E-state index in [2.05, 4.69) is 67.3 Å². The van der Waals surface area contributed by atoms with E-state index in [0.717, 1.165) is 42.5 Å². The molecule has 0 amide bonds. The van der Waals surface area contributed by atoms with Crippen LogP contribution in [0.25, 0.3) is 10.6 Å². The molecule has 0 spiro atoms. The maximum absolute atomic E-state index is 4.28. The molecular formula is C12H15Br2N3S2. The fourth-order valence-electron chi connectivity index (χ4n) is 1.58. The van der Waals surface area contributed by atoms with Gasteiger partial charge in [0.2, 0.25) is 0 Å². The number of hydrogen-bond acceptors (Lipinski definition) is 5. The maximum Gasteiger partial charge on any atom is 0.149 e. The highest BCUT2D eigenvalue weighted by atomic mass is 79.9. The molecule has 2 aromatic heterocycles. The molecule has 19 heavy (non-hydrogen) atoms. The Morgan fingerprint density at radius 3 is 2.68 bits per heavy atom. The van der Waals surface area contributed by atoms with E-state index < -0.39 is 0 Å². The Labute approximate surface area is 138 Å². The number of aromatic nitrogens is 2. The standard InChI is InChI=1S/C12H15Br2N3S2/c1-7(2)15-5-3-4-10-16-17-12(19-10)8-6-9(13)18-11(8)14/h6-7,15H,3-5H2,1-2H3. The highest BCUT2D eigenvalue weighted by Gasteiger charge is 2.12. The minimum absolute atomic E-state index is 0.545. The van der Waals surface area contributed by atoms with Crippen molar-refractivity contribution in [1.82, 2.24) is 15.5 Å². The Kier molecular flexibility index (Phi) is 5.95. The molecule has 0 saturated heterocycles. The molecule has 1 N–H and O–H groups in total. The lowest BCUT2D eigenvalue weighted by molar-refractivity contribution is 0.569. The SMILES string of the molecule is CC(C)NCCCc1nnc(-c2cc(Br)sc2Br)s1. The van der Waals surface area contributed by atoms with Crippen molar-refractivity contribution in [2.75, 3.05) is 6.54 Å². The lowest BCUT2D eigenvalue weighted by Crippen LogP contribution is -2.23. The van der Waals surface area contributed by atoms with Crippen LogP contribution >= 0.6 is 54.5 Å². The van der Waals surface area contributed by atoms with E-state index in [9.17, 15) is 0 Å². The van der Waals surface area contributed by atoms with E-state index in [-0.39, 0.29) is 0 Å². The van der Waals surface area contributed by atoms with Gasteiger partial charge in [0.05, 0.1) is 7.57 Å².